The van der Waals surface area contributed by atoms with Gasteiger partial charge in [-0.05, 0) is 24.1 Å². The van der Waals surface area contributed by atoms with E-state index in [1.807, 2.05) is 0 Å². The predicted molar refractivity (Wildman–Crippen MR) is 73.1 cm³/mol. The molecule has 1 N–H and O–H groups in total. The highest BCUT2D eigenvalue weighted by molar-refractivity contribution is 6.32. The van der Waals surface area contributed by atoms with Gasteiger partial charge in [-0.1, -0.05) is 37.9 Å². The number of benzene rings is 1. The van der Waals surface area contributed by atoms with Crippen LogP contribution in [0.3, 0.4) is 0 Å². The SMILES string of the molecule is CCC(C)COc1cccc(Cl)c1/C=C/C(=O)O. The van der Waals surface area contributed by atoms with Crippen LogP contribution in [0, 0.1) is 5.92 Å². The van der Waals surface area contributed by atoms with E-state index < -0.39 is 5.97 Å². The van der Waals surface area contributed by atoms with Crippen LogP contribution in [0.15, 0.2) is 24.3 Å². The maximum atomic E-state index is 10.5. The molecule has 0 fully saturated rings. The number of carboxylic acid groups (broad SMARTS) is 1. The van der Waals surface area contributed by atoms with Crippen LogP contribution in [0.25, 0.3) is 6.08 Å². The normalized spacial score (nSPS) is 12.6. The van der Waals surface area contributed by atoms with E-state index >= 15 is 0 Å². The molecule has 0 radical (unpaired) electrons. The Morgan fingerprint density at radius 2 is 2.28 bits per heavy atom. The van der Waals surface area contributed by atoms with E-state index in [0.29, 0.717) is 28.9 Å². The lowest BCUT2D eigenvalue weighted by Crippen LogP contribution is -2.08. The molecule has 0 saturated carbocycles. The number of hydrogen-bond acceptors (Lipinski definition) is 2. The molecule has 0 spiro atoms. The van der Waals surface area contributed by atoms with Crippen molar-refractivity contribution in [1.29, 1.82) is 0 Å². The Kier molecular flexibility index (Phi) is 5.72. The highest BCUT2D eigenvalue weighted by Gasteiger charge is 2.07. The molecule has 1 rings (SSSR count). The molecule has 0 bridgehead atoms. The second-order valence-corrected chi connectivity index (χ2v) is 4.55. The molecule has 1 aromatic carbocycles. The number of carbonyl (C=O) groups is 1. The van der Waals surface area contributed by atoms with Gasteiger partial charge in [0, 0.05) is 11.6 Å². The van der Waals surface area contributed by atoms with Crippen LogP contribution >= 0.6 is 11.6 Å². The zero-order valence-corrected chi connectivity index (χ0v) is 11.3. The summed E-state index contributed by atoms with van der Waals surface area (Å²) in [6.07, 6.45) is 3.54. The molecule has 98 valence electrons. The minimum absolute atomic E-state index is 0.445. The predicted octanol–water partition coefficient (Wildman–Crippen LogP) is 3.86. The first-order valence-corrected chi connectivity index (χ1v) is 6.24. The third kappa shape index (κ3) is 4.41. The van der Waals surface area contributed by atoms with Gasteiger partial charge >= 0.3 is 5.97 Å². The standard InChI is InChI=1S/C14H17ClO3/c1-3-10(2)9-18-13-6-4-5-12(15)11(13)7-8-14(16)17/h4-8,10H,3,9H2,1-2H3,(H,16,17)/b8-7+. The van der Waals surface area contributed by atoms with Crippen LogP contribution in [-0.2, 0) is 4.79 Å². The van der Waals surface area contributed by atoms with E-state index in [2.05, 4.69) is 13.8 Å². The fraction of sp³-hybridized carbons (Fsp3) is 0.357. The Morgan fingerprint density at radius 3 is 2.89 bits per heavy atom. The van der Waals surface area contributed by atoms with Crippen LogP contribution in [0.5, 0.6) is 5.75 Å². The van der Waals surface area contributed by atoms with Crippen molar-refractivity contribution < 1.29 is 14.6 Å². The van der Waals surface area contributed by atoms with Gasteiger partial charge in [0.05, 0.1) is 11.6 Å². The zero-order valence-electron chi connectivity index (χ0n) is 10.5. The van der Waals surface area contributed by atoms with Gasteiger partial charge in [0.1, 0.15) is 5.75 Å². The summed E-state index contributed by atoms with van der Waals surface area (Å²) in [5, 5.41) is 9.12. The molecule has 4 heteroatoms. The van der Waals surface area contributed by atoms with E-state index in [4.69, 9.17) is 21.4 Å². The average molecular weight is 269 g/mol. The summed E-state index contributed by atoms with van der Waals surface area (Å²) in [4.78, 5) is 10.5. The molecule has 3 nitrogen and oxygen atoms in total. The Labute approximate surface area is 112 Å². The van der Waals surface area contributed by atoms with E-state index in [1.165, 1.54) is 6.08 Å². The Balaban J connectivity index is 2.90. The monoisotopic (exact) mass is 268 g/mol. The van der Waals surface area contributed by atoms with Gasteiger partial charge in [0.15, 0.2) is 0 Å². The molecule has 0 amide bonds. The summed E-state index contributed by atoms with van der Waals surface area (Å²) in [5.74, 6) is 0.0448. The van der Waals surface area contributed by atoms with Crippen molar-refractivity contribution in [1.82, 2.24) is 0 Å². The molecule has 0 heterocycles. The lowest BCUT2D eigenvalue weighted by Gasteiger charge is -2.13. The maximum absolute atomic E-state index is 10.5. The van der Waals surface area contributed by atoms with E-state index in [-0.39, 0.29) is 0 Å². The topological polar surface area (TPSA) is 46.5 Å². The number of hydrogen-bond donors (Lipinski definition) is 1. The summed E-state index contributed by atoms with van der Waals surface area (Å²) in [5.41, 5.74) is 0.602. The van der Waals surface area contributed by atoms with Gasteiger partial charge in [0.2, 0.25) is 0 Å². The van der Waals surface area contributed by atoms with E-state index in [9.17, 15) is 4.79 Å². The maximum Gasteiger partial charge on any atom is 0.328 e. The molecule has 0 saturated heterocycles. The lowest BCUT2D eigenvalue weighted by atomic mass is 10.1. The first-order chi connectivity index (χ1) is 8.54. The van der Waals surface area contributed by atoms with Gasteiger partial charge in [-0.15, -0.1) is 0 Å². The van der Waals surface area contributed by atoms with Crippen LogP contribution < -0.4 is 4.74 Å². The number of aliphatic carboxylic acids is 1. The molecule has 0 aliphatic rings. The molecule has 18 heavy (non-hydrogen) atoms. The highest BCUT2D eigenvalue weighted by Crippen LogP contribution is 2.28. The molecule has 1 aromatic rings. The molecular weight excluding hydrogens is 252 g/mol. The number of carboxylic acids is 1. The highest BCUT2D eigenvalue weighted by atomic mass is 35.5. The fourth-order valence-electron chi connectivity index (χ4n) is 1.31. The summed E-state index contributed by atoms with van der Waals surface area (Å²) >= 11 is 6.04. The third-order valence-electron chi connectivity index (χ3n) is 2.63. The van der Waals surface area contributed by atoms with Crippen molar-refractivity contribution in [2.24, 2.45) is 5.92 Å². The number of ether oxygens (including phenoxy) is 1. The van der Waals surface area contributed by atoms with Crippen molar-refractivity contribution in [2.45, 2.75) is 20.3 Å². The molecule has 0 aliphatic carbocycles. The zero-order chi connectivity index (χ0) is 13.5. The molecule has 1 atom stereocenters. The molecular formula is C14H17ClO3. The van der Waals surface area contributed by atoms with Crippen molar-refractivity contribution in [3.05, 3.63) is 34.9 Å². The first kappa shape index (κ1) is 14.6. The fourth-order valence-corrected chi connectivity index (χ4v) is 1.54. The number of rotatable bonds is 6. The third-order valence-corrected chi connectivity index (χ3v) is 2.96. The summed E-state index contributed by atoms with van der Waals surface area (Å²) < 4.78 is 5.67. The Morgan fingerprint density at radius 1 is 1.56 bits per heavy atom. The van der Waals surface area contributed by atoms with Crippen LogP contribution in [-0.4, -0.2) is 17.7 Å². The minimum atomic E-state index is -1.01. The smallest absolute Gasteiger partial charge is 0.328 e. The van der Waals surface area contributed by atoms with Gasteiger partial charge in [-0.3, -0.25) is 0 Å². The van der Waals surface area contributed by atoms with Crippen molar-refractivity contribution >= 4 is 23.6 Å². The Bertz CT molecular complexity index is 441. The summed E-state index contributed by atoms with van der Waals surface area (Å²) in [7, 11) is 0. The average Bonchev–Trinajstić information content (AvgIpc) is 2.34. The Hall–Kier alpha value is -1.48. The van der Waals surface area contributed by atoms with Crippen molar-refractivity contribution in [2.75, 3.05) is 6.61 Å². The second kappa shape index (κ2) is 7.07. The van der Waals surface area contributed by atoms with Gasteiger partial charge < -0.3 is 9.84 Å². The molecule has 0 aliphatic heterocycles. The van der Waals surface area contributed by atoms with E-state index in [1.54, 1.807) is 18.2 Å². The van der Waals surface area contributed by atoms with Crippen molar-refractivity contribution in [3.63, 3.8) is 0 Å². The summed E-state index contributed by atoms with van der Waals surface area (Å²) in [6, 6.07) is 5.28. The molecule has 0 aromatic heterocycles. The lowest BCUT2D eigenvalue weighted by molar-refractivity contribution is -0.131. The quantitative estimate of drug-likeness (QED) is 0.797. The first-order valence-electron chi connectivity index (χ1n) is 5.87. The van der Waals surface area contributed by atoms with Gasteiger partial charge in [-0.2, -0.15) is 0 Å². The van der Waals surface area contributed by atoms with Gasteiger partial charge in [0.25, 0.3) is 0 Å². The number of halogens is 1. The summed E-state index contributed by atoms with van der Waals surface area (Å²) in [6.45, 7) is 4.78. The van der Waals surface area contributed by atoms with Crippen molar-refractivity contribution in [3.8, 4) is 5.75 Å². The second-order valence-electron chi connectivity index (χ2n) is 4.15. The van der Waals surface area contributed by atoms with Crippen LogP contribution in [0.1, 0.15) is 25.8 Å². The van der Waals surface area contributed by atoms with Crippen LogP contribution in [0.2, 0.25) is 5.02 Å². The molecule has 1 unspecified atom stereocenters. The minimum Gasteiger partial charge on any atom is -0.493 e. The van der Waals surface area contributed by atoms with E-state index in [0.717, 1.165) is 12.5 Å². The van der Waals surface area contributed by atoms with Gasteiger partial charge in [-0.25, -0.2) is 4.79 Å². The van der Waals surface area contributed by atoms with Crippen LogP contribution in [0.4, 0.5) is 0 Å². The largest absolute Gasteiger partial charge is 0.493 e.